The average molecular weight is 53.8 g/mol. The predicted molar refractivity (Wildman–Crippen MR) is 18.7 cm³/mol. The van der Waals surface area contributed by atoms with E-state index in [1.54, 1.807) is 0 Å². The Morgan fingerprint density at radius 2 is 1.25 bits per heavy atom. The normalized spacial score (nSPS) is 3.50. The van der Waals surface area contributed by atoms with Gasteiger partial charge in [0, 0.05) is 0 Å². The molecular weight excluding hydrogens is 49.8 g/mol. The second kappa shape index (κ2) is 9.54. The van der Waals surface area contributed by atoms with Gasteiger partial charge in [-0.25, -0.2) is 0 Å². The molecule has 0 rings (SSSR count). The Bertz CT molecular complexity index is 6.00. The zero-order chi connectivity index (χ0) is 2.71. The van der Waals surface area contributed by atoms with Crippen molar-refractivity contribution < 1.29 is 10.0 Å². The molecule has 4 heteroatoms. The Morgan fingerprint density at radius 1 is 1.25 bits per heavy atom. The first-order valence-corrected chi connectivity index (χ1v) is 0.632. The third kappa shape index (κ3) is 19.1. The zero-order valence-electron chi connectivity index (χ0n) is 1.60. The van der Waals surface area contributed by atoms with Crippen LogP contribution in [-0.4, -0.2) is 36.6 Å². The Labute approximate surface area is 37.3 Å². The molecular formula is H4BLiO2. The first-order valence-electron chi connectivity index (χ1n) is 0.632. The summed E-state index contributed by atoms with van der Waals surface area (Å²) in [6, 6.07) is 0. The first-order chi connectivity index (χ1) is 1.41. The molecule has 0 aromatic rings. The van der Waals surface area contributed by atoms with Crippen LogP contribution in [0.3, 0.4) is 0 Å². The molecule has 0 fully saturated rings. The van der Waals surface area contributed by atoms with E-state index in [9.17, 15) is 0 Å². The molecule has 0 spiro atoms. The van der Waals surface area contributed by atoms with Gasteiger partial charge in [-0.15, -0.1) is 0 Å². The topological polar surface area (TPSA) is 40.5 Å². The van der Waals surface area contributed by atoms with Gasteiger partial charge in [0.05, 0.1) is 0 Å². The monoisotopic (exact) mass is 54.0 g/mol. The van der Waals surface area contributed by atoms with E-state index in [0.717, 1.165) is 0 Å². The van der Waals surface area contributed by atoms with E-state index < -0.39 is 7.69 Å². The molecule has 2 N–H and O–H groups in total. The summed E-state index contributed by atoms with van der Waals surface area (Å²) in [4.78, 5) is 0. The Balaban J connectivity index is 0. The fraction of sp³-hybridized carbons (Fsp3) is 0. The fourth-order valence-corrected chi connectivity index (χ4v) is 0. The van der Waals surface area contributed by atoms with Gasteiger partial charge in [-0.05, 0) is 0 Å². The quantitative estimate of drug-likeness (QED) is 0.302. The molecule has 0 aliphatic rings. The molecule has 20 valence electrons. The molecule has 0 bridgehead atoms. The summed E-state index contributed by atoms with van der Waals surface area (Å²) in [6.45, 7) is 0. The molecule has 0 aliphatic heterocycles. The van der Waals surface area contributed by atoms with Gasteiger partial charge in [0.2, 0.25) is 0 Å². The molecule has 0 unspecified atom stereocenters. The average Bonchev–Trinajstić information content (AvgIpc) is 0.918. The molecule has 0 heterocycles. The van der Waals surface area contributed by atoms with Crippen LogP contribution in [-0.2, 0) is 0 Å². The van der Waals surface area contributed by atoms with Gasteiger partial charge < -0.3 is 10.0 Å². The molecule has 0 saturated carbocycles. The summed E-state index contributed by atoms with van der Waals surface area (Å²) in [5, 5.41) is 14.2. The number of hydrogen-bond donors (Lipinski definition) is 2. The van der Waals surface area contributed by atoms with Gasteiger partial charge in [0.15, 0.2) is 0 Å². The van der Waals surface area contributed by atoms with Gasteiger partial charge in [0.25, 0.3) is 0 Å². The molecule has 0 aromatic heterocycles. The van der Waals surface area contributed by atoms with Crippen molar-refractivity contribution >= 4 is 26.5 Å². The summed E-state index contributed by atoms with van der Waals surface area (Å²) < 4.78 is 0. The summed E-state index contributed by atoms with van der Waals surface area (Å²) >= 11 is 0. The summed E-state index contributed by atoms with van der Waals surface area (Å²) in [7, 11) is -0.750. The van der Waals surface area contributed by atoms with Crippen molar-refractivity contribution in [3.8, 4) is 0 Å². The van der Waals surface area contributed by atoms with Crippen LogP contribution in [0.1, 0.15) is 0 Å². The molecule has 4 heavy (non-hydrogen) atoms. The fourth-order valence-electron chi connectivity index (χ4n) is 0. The van der Waals surface area contributed by atoms with Crippen LogP contribution in [0, 0.1) is 0 Å². The van der Waals surface area contributed by atoms with E-state index in [1.165, 1.54) is 0 Å². The maximum atomic E-state index is 7.12. The van der Waals surface area contributed by atoms with Crippen LogP contribution in [0.15, 0.2) is 0 Å². The van der Waals surface area contributed by atoms with Crippen LogP contribution < -0.4 is 0 Å². The molecule has 2 nitrogen and oxygen atoms in total. The Kier molecular flexibility index (Phi) is 21.0. The SMILES string of the molecule is OBO.[LiH]. The number of rotatable bonds is 0. The van der Waals surface area contributed by atoms with Crippen molar-refractivity contribution in [2.75, 3.05) is 0 Å². The van der Waals surface area contributed by atoms with E-state index in [4.69, 9.17) is 10.0 Å². The van der Waals surface area contributed by atoms with E-state index in [2.05, 4.69) is 0 Å². The maximum absolute atomic E-state index is 7.12. The molecule has 0 amide bonds. The molecule has 0 saturated heterocycles. The van der Waals surface area contributed by atoms with Crippen molar-refractivity contribution in [1.29, 1.82) is 0 Å². The van der Waals surface area contributed by atoms with E-state index in [0.29, 0.717) is 0 Å². The van der Waals surface area contributed by atoms with Gasteiger partial charge >= 0.3 is 26.5 Å². The molecule has 0 aliphatic carbocycles. The summed E-state index contributed by atoms with van der Waals surface area (Å²) in [5.74, 6) is 0. The summed E-state index contributed by atoms with van der Waals surface area (Å²) in [6.07, 6.45) is 0. The Morgan fingerprint density at radius 3 is 1.25 bits per heavy atom. The first kappa shape index (κ1) is 8.82. The second-order valence-corrected chi connectivity index (χ2v) is 0.141. The standard InChI is InChI=1S/BH3O2.Li.H/c2-1-3;;/h1-3H;;. The Hall–Kier alpha value is 0.582. The van der Waals surface area contributed by atoms with Crippen LogP contribution in [0.25, 0.3) is 0 Å². The van der Waals surface area contributed by atoms with Crippen molar-refractivity contribution in [2.24, 2.45) is 0 Å². The molecule has 0 atom stereocenters. The van der Waals surface area contributed by atoms with Crippen molar-refractivity contribution in [3.05, 3.63) is 0 Å². The van der Waals surface area contributed by atoms with E-state index in [1.807, 2.05) is 0 Å². The second-order valence-electron chi connectivity index (χ2n) is 0.141. The summed E-state index contributed by atoms with van der Waals surface area (Å²) in [5.41, 5.74) is 0. The predicted octanol–water partition coefficient (Wildman–Crippen LogP) is -2.41. The van der Waals surface area contributed by atoms with Gasteiger partial charge in [-0.2, -0.15) is 0 Å². The number of hydrogen-bond acceptors (Lipinski definition) is 2. The minimum absolute atomic E-state index is 0. The van der Waals surface area contributed by atoms with E-state index >= 15 is 0 Å². The van der Waals surface area contributed by atoms with Crippen molar-refractivity contribution in [1.82, 2.24) is 0 Å². The van der Waals surface area contributed by atoms with Gasteiger partial charge in [-0.3, -0.25) is 0 Å². The van der Waals surface area contributed by atoms with Crippen molar-refractivity contribution in [2.45, 2.75) is 0 Å². The van der Waals surface area contributed by atoms with Crippen LogP contribution in [0.4, 0.5) is 0 Å². The van der Waals surface area contributed by atoms with Crippen LogP contribution in [0.5, 0.6) is 0 Å². The third-order valence-corrected chi connectivity index (χ3v) is 0. The zero-order valence-corrected chi connectivity index (χ0v) is 1.60. The molecule has 0 radical (unpaired) electrons. The molecule has 0 aromatic carbocycles. The van der Waals surface area contributed by atoms with Crippen LogP contribution >= 0.6 is 0 Å². The van der Waals surface area contributed by atoms with Crippen LogP contribution in [0.2, 0.25) is 0 Å². The minimum atomic E-state index is -0.750. The van der Waals surface area contributed by atoms with Gasteiger partial charge in [0.1, 0.15) is 0 Å². The van der Waals surface area contributed by atoms with E-state index in [-0.39, 0.29) is 18.9 Å². The van der Waals surface area contributed by atoms with Crippen molar-refractivity contribution in [3.63, 3.8) is 0 Å². The third-order valence-electron chi connectivity index (χ3n) is 0. The van der Waals surface area contributed by atoms with Gasteiger partial charge in [-0.1, -0.05) is 0 Å².